The molecule has 9 rings (SSSR count). The van der Waals surface area contributed by atoms with E-state index in [1.54, 1.807) is 0 Å². The monoisotopic (exact) mass is 756 g/mol. The predicted octanol–water partition coefficient (Wildman–Crippen LogP) is -5.27. The summed E-state index contributed by atoms with van der Waals surface area (Å²) in [5.74, 6) is 0.636. The van der Waals surface area contributed by atoms with Gasteiger partial charge < -0.3 is 15.3 Å². The minimum Gasteiger partial charge on any atom is -0.509 e. The Balaban J connectivity index is 1.44. The molecule has 0 amide bonds. The van der Waals surface area contributed by atoms with Crippen molar-refractivity contribution in [3.8, 4) is 61.8 Å². The highest BCUT2D eigenvalue weighted by molar-refractivity contribution is 7.26. The predicted molar refractivity (Wildman–Crippen MR) is 283 cm³/mol. The molecular formula is C44H38B10O3S. The van der Waals surface area contributed by atoms with Gasteiger partial charge >= 0.3 is 0 Å². The summed E-state index contributed by atoms with van der Waals surface area (Å²) in [5, 5.41) is 42.0. The molecule has 8 aromatic carbocycles. The van der Waals surface area contributed by atoms with Gasteiger partial charge in [0.2, 0.25) is 0 Å². The number of phenolic OH excluding ortho intramolecular Hbond substituents is 3. The van der Waals surface area contributed by atoms with Crippen LogP contribution in [-0.2, 0) is 0 Å². The fourth-order valence-electron chi connectivity index (χ4n) is 9.63. The number of hydrogen-bond acceptors (Lipinski definition) is 4. The van der Waals surface area contributed by atoms with E-state index in [-0.39, 0.29) is 11.5 Å². The zero-order chi connectivity index (χ0) is 41.1. The lowest BCUT2D eigenvalue weighted by molar-refractivity contribution is 0.476. The smallest absolute Gasteiger partial charge is 0.143 e. The van der Waals surface area contributed by atoms with E-state index >= 15 is 0 Å². The van der Waals surface area contributed by atoms with Crippen LogP contribution in [0.3, 0.4) is 0 Å². The van der Waals surface area contributed by atoms with Crippen LogP contribution in [0, 0.1) is 0 Å². The summed E-state index contributed by atoms with van der Waals surface area (Å²) < 4.78 is 2.52. The first-order chi connectivity index (χ1) is 27.7. The first-order valence-electron chi connectivity index (χ1n) is 20.0. The van der Waals surface area contributed by atoms with Crippen molar-refractivity contribution in [2.24, 2.45) is 0 Å². The van der Waals surface area contributed by atoms with Crippen LogP contribution in [0.25, 0.3) is 86.2 Å². The summed E-state index contributed by atoms with van der Waals surface area (Å²) in [4.78, 5) is 0. The van der Waals surface area contributed by atoms with Crippen LogP contribution in [0.1, 0.15) is 0 Å². The first-order valence-corrected chi connectivity index (χ1v) is 20.9. The fourth-order valence-corrected chi connectivity index (χ4v) is 10.7. The normalized spacial score (nSPS) is 11.7. The number of thiophene rings is 1. The van der Waals surface area contributed by atoms with Crippen molar-refractivity contribution < 1.29 is 15.3 Å². The second-order valence-electron chi connectivity index (χ2n) is 16.3. The van der Waals surface area contributed by atoms with Gasteiger partial charge in [-0.05, 0) is 72.8 Å². The van der Waals surface area contributed by atoms with E-state index in [1.165, 1.54) is 47.8 Å². The Bertz CT molecular complexity index is 3150. The Hall–Kier alpha value is -5.45. The van der Waals surface area contributed by atoms with Crippen molar-refractivity contribution >= 4 is 186 Å². The zero-order valence-corrected chi connectivity index (χ0v) is 35.7. The maximum absolute atomic E-state index is 12.5. The summed E-state index contributed by atoms with van der Waals surface area (Å²) in [6, 6.07) is 32.7. The molecule has 0 aliphatic heterocycles. The molecule has 0 fully saturated rings. The number of benzene rings is 8. The van der Waals surface area contributed by atoms with Crippen molar-refractivity contribution in [1.29, 1.82) is 0 Å². The summed E-state index contributed by atoms with van der Waals surface area (Å²) in [7, 11) is 20.6. The molecular weight excluding hydrogens is 717 g/mol. The quantitative estimate of drug-likeness (QED) is 0.0958. The summed E-state index contributed by atoms with van der Waals surface area (Å²) in [5.41, 5.74) is 17.9. The van der Waals surface area contributed by atoms with Crippen LogP contribution < -0.4 is 54.6 Å². The van der Waals surface area contributed by atoms with E-state index in [2.05, 4.69) is 138 Å². The van der Waals surface area contributed by atoms with E-state index in [0.717, 1.165) is 71.4 Å². The van der Waals surface area contributed by atoms with Gasteiger partial charge in [-0.1, -0.05) is 112 Å². The minimum atomic E-state index is 0.168. The fraction of sp³-hybridized carbons (Fsp3) is 0. The third-order valence-corrected chi connectivity index (χ3v) is 14.7. The zero-order valence-electron chi connectivity index (χ0n) is 34.9. The van der Waals surface area contributed by atoms with Crippen molar-refractivity contribution in [2.75, 3.05) is 0 Å². The van der Waals surface area contributed by atoms with Crippen LogP contribution >= 0.6 is 11.3 Å². The van der Waals surface area contributed by atoms with Crippen molar-refractivity contribution in [3.05, 3.63) is 91.0 Å². The SMILES string of the molecule is Bc1c(B)c(-c2c3c(B)c(B)c(B)c(B)c3c(-c3ccc(-c4c(-c5ccccc5)ccc5sc6ccccc6c45)cc3)c3c(O)c(B)c(B)c(O)c23)c(B)c(B)c1O. The van der Waals surface area contributed by atoms with E-state index in [9.17, 15) is 15.3 Å². The molecule has 9 aromatic rings. The van der Waals surface area contributed by atoms with E-state index in [0.29, 0.717) is 27.4 Å². The second-order valence-corrected chi connectivity index (χ2v) is 17.4. The maximum atomic E-state index is 12.5. The molecule has 0 saturated heterocycles. The molecule has 3 N–H and O–H groups in total. The lowest BCUT2D eigenvalue weighted by atomic mass is 9.60. The molecule has 3 nitrogen and oxygen atoms in total. The largest absolute Gasteiger partial charge is 0.509 e. The molecule has 0 aliphatic carbocycles. The van der Waals surface area contributed by atoms with Crippen LogP contribution in [-0.4, -0.2) is 93.8 Å². The molecule has 0 atom stereocenters. The number of aromatic hydroxyl groups is 3. The first kappa shape index (κ1) is 38.1. The summed E-state index contributed by atoms with van der Waals surface area (Å²) >= 11 is 1.83. The maximum Gasteiger partial charge on any atom is 0.143 e. The molecule has 1 aromatic heterocycles. The Morgan fingerprint density at radius 1 is 0.310 bits per heavy atom. The molecule has 0 unspecified atom stereocenters. The molecule has 0 aliphatic rings. The van der Waals surface area contributed by atoms with E-state index in [1.807, 2.05) is 42.7 Å². The average molecular weight is 755 g/mol. The van der Waals surface area contributed by atoms with E-state index in [4.69, 9.17) is 0 Å². The second kappa shape index (κ2) is 13.8. The molecule has 0 bridgehead atoms. The highest BCUT2D eigenvalue weighted by Crippen LogP contribution is 2.49. The number of hydrogen-bond donors (Lipinski definition) is 3. The third kappa shape index (κ3) is 5.33. The molecule has 14 heteroatoms. The highest BCUT2D eigenvalue weighted by Gasteiger charge is 2.29. The highest BCUT2D eigenvalue weighted by atomic mass is 32.1. The minimum absolute atomic E-state index is 0.168. The third-order valence-electron chi connectivity index (χ3n) is 13.6. The van der Waals surface area contributed by atoms with Crippen LogP contribution in [0.4, 0.5) is 0 Å². The van der Waals surface area contributed by atoms with Gasteiger partial charge in [-0.25, -0.2) is 0 Å². The van der Waals surface area contributed by atoms with Crippen LogP contribution in [0.15, 0.2) is 91.0 Å². The molecule has 58 heavy (non-hydrogen) atoms. The summed E-state index contributed by atoms with van der Waals surface area (Å²) in [6.45, 7) is 0. The van der Waals surface area contributed by atoms with Gasteiger partial charge in [0.1, 0.15) is 95.7 Å². The van der Waals surface area contributed by atoms with Crippen LogP contribution in [0.2, 0.25) is 0 Å². The average Bonchev–Trinajstić information content (AvgIpc) is 3.63. The molecule has 0 saturated carbocycles. The Morgan fingerprint density at radius 3 is 1.38 bits per heavy atom. The van der Waals surface area contributed by atoms with Gasteiger partial charge in [-0.15, -0.1) is 22.3 Å². The lowest BCUT2D eigenvalue weighted by Gasteiger charge is -2.29. The van der Waals surface area contributed by atoms with Gasteiger partial charge in [-0.2, -0.15) is 0 Å². The van der Waals surface area contributed by atoms with Crippen molar-refractivity contribution in [2.45, 2.75) is 0 Å². The van der Waals surface area contributed by atoms with Crippen molar-refractivity contribution in [1.82, 2.24) is 0 Å². The van der Waals surface area contributed by atoms with Crippen LogP contribution in [0.5, 0.6) is 17.2 Å². The lowest BCUT2D eigenvalue weighted by Crippen LogP contribution is -2.48. The number of rotatable bonds is 4. The van der Waals surface area contributed by atoms with Gasteiger partial charge in [0.15, 0.2) is 0 Å². The topological polar surface area (TPSA) is 60.7 Å². The standard InChI is InChI=1S/C44H38B10O3S/c45-32-27-24(18-12-10-17(11-13-18)23-19(16-6-2-1-3-7-16)14-15-22-25(23)20-8-4-5-9-21(20)58-22)29-30(43(56)41(54)40(53)42(29)55)26(28(27)33(46)37(50)36(32)49)31-34(47)38(51)44(57)39(52)35(31)48/h1-15,55-57H,45-54H2. The summed E-state index contributed by atoms with van der Waals surface area (Å²) in [6.07, 6.45) is 0. The van der Waals surface area contributed by atoms with Gasteiger partial charge in [0, 0.05) is 36.5 Å². The Morgan fingerprint density at radius 2 is 0.793 bits per heavy atom. The van der Waals surface area contributed by atoms with Gasteiger partial charge in [0.05, 0.1) is 0 Å². The Labute approximate surface area is 352 Å². The molecule has 0 spiro atoms. The van der Waals surface area contributed by atoms with E-state index < -0.39 is 0 Å². The number of phenols is 3. The van der Waals surface area contributed by atoms with Gasteiger partial charge in [-0.3, -0.25) is 0 Å². The van der Waals surface area contributed by atoms with Crippen molar-refractivity contribution in [3.63, 3.8) is 0 Å². The Kier molecular flexibility index (Phi) is 9.09. The molecule has 1 heterocycles. The number of fused-ring (bicyclic) bond motifs is 5. The molecule has 268 valence electrons. The van der Waals surface area contributed by atoms with Gasteiger partial charge in [0.25, 0.3) is 0 Å². The molecule has 0 radical (unpaired) electrons.